The molecule has 0 heterocycles. The molecule has 0 aliphatic carbocycles. The molecule has 0 saturated heterocycles. The largest absolute Gasteiger partial charge is 0.462 e. The Kier molecular flexibility index (Phi) is 44.9. The maximum atomic E-state index is 12.7. The monoisotopic (exact) mass is 803 g/mol. The molecule has 6 heteroatoms. The van der Waals surface area contributed by atoms with Gasteiger partial charge in [0.2, 0.25) is 0 Å². The van der Waals surface area contributed by atoms with E-state index in [9.17, 15) is 14.4 Å². The highest BCUT2D eigenvalue weighted by molar-refractivity contribution is 5.71. The Morgan fingerprint density at radius 3 is 1.05 bits per heavy atom. The molecule has 0 aliphatic heterocycles. The number of carbonyl (C=O) groups is 3. The first kappa shape index (κ1) is 54.9. The van der Waals surface area contributed by atoms with Crippen molar-refractivity contribution in [1.29, 1.82) is 0 Å². The summed E-state index contributed by atoms with van der Waals surface area (Å²) in [5.41, 5.74) is 0. The minimum atomic E-state index is -0.776. The van der Waals surface area contributed by atoms with Gasteiger partial charge in [-0.1, -0.05) is 225 Å². The van der Waals surface area contributed by atoms with Crippen molar-refractivity contribution in [2.24, 2.45) is 0 Å². The van der Waals surface area contributed by atoms with Gasteiger partial charge in [-0.25, -0.2) is 0 Å². The summed E-state index contributed by atoms with van der Waals surface area (Å²) < 4.78 is 16.7. The highest BCUT2D eigenvalue weighted by atomic mass is 16.6. The molecule has 0 saturated carbocycles. The number of allylic oxidation sites excluding steroid dienone is 4. The van der Waals surface area contributed by atoms with E-state index in [1.807, 2.05) is 0 Å². The van der Waals surface area contributed by atoms with Gasteiger partial charge in [0.15, 0.2) is 6.10 Å². The molecule has 0 fully saturated rings. The zero-order valence-electron chi connectivity index (χ0n) is 38.1. The number of unbranched alkanes of at least 4 members (excludes halogenated alkanes) is 30. The molecule has 0 aliphatic rings. The second-order valence-electron chi connectivity index (χ2n) is 16.7. The van der Waals surface area contributed by atoms with Crippen LogP contribution in [-0.2, 0) is 28.6 Å². The quantitative estimate of drug-likeness (QED) is 0.0264. The number of rotatable bonds is 45. The summed E-state index contributed by atoms with van der Waals surface area (Å²) in [6, 6.07) is 0. The standard InChI is InChI=1S/C51H94O6/c1-4-7-10-13-16-19-21-23-25-27-29-32-35-38-41-44-50(53)56-47-48(46-55-49(52)43-40-37-34-31-18-15-12-9-6-3)57-51(54)45-42-39-36-33-30-28-26-24-22-20-17-14-11-8-5-2/h9,12,18,31,48H,4-8,10-11,13-17,19-30,32-47H2,1-3H3/b12-9-,31-18-. The lowest BCUT2D eigenvalue weighted by Gasteiger charge is -2.18. The first-order valence-corrected chi connectivity index (χ1v) is 24.8. The van der Waals surface area contributed by atoms with Gasteiger partial charge in [-0.15, -0.1) is 0 Å². The van der Waals surface area contributed by atoms with Gasteiger partial charge >= 0.3 is 17.9 Å². The van der Waals surface area contributed by atoms with E-state index < -0.39 is 6.10 Å². The molecule has 6 nitrogen and oxygen atoms in total. The Morgan fingerprint density at radius 1 is 0.368 bits per heavy atom. The molecule has 1 unspecified atom stereocenters. The first-order valence-electron chi connectivity index (χ1n) is 24.8. The van der Waals surface area contributed by atoms with Crippen molar-refractivity contribution < 1.29 is 28.6 Å². The Bertz CT molecular complexity index is 927. The lowest BCUT2D eigenvalue weighted by molar-refractivity contribution is -0.167. The molecule has 0 aromatic carbocycles. The molecule has 0 aromatic heterocycles. The van der Waals surface area contributed by atoms with E-state index in [1.54, 1.807) is 0 Å². The van der Waals surface area contributed by atoms with E-state index in [4.69, 9.17) is 14.2 Å². The Labute approximate surface area is 353 Å². The van der Waals surface area contributed by atoms with Crippen molar-refractivity contribution in [1.82, 2.24) is 0 Å². The van der Waals surface area contributed by atoms with E-state index in [2.05, 4.69) is 45.1 Å². The average Bonchev–Trinajstić information content (AvgIpc) is 3.21. The topological polar surface area (TPSA) is 78.9 Å². The van der Waals surface area contributed by atoms with Crippen LogP contribution in [0, 0.1) is 0 Å². The van der Waals surface area contributed by atoms with Crippen molar-refractivity contribution in [3.8, 4) is 0 Å². The van der Waals surface area contributed by atoms with Gasteiger partial charge in [0.05, 0.1) is 0 Å². The lowest BCUT2D eigenvalue weighted by atomic mass is 10.0. The van der Waals surface area contributed by atoms with Gasteiger partial charge in [-0.05, 0) is 44.9 Å². The smallest absolute Gasteiger partial charge is 0.306 e. The predicted octanol–water partition coefficient (Wildman–Crippen LogP) is 16.0. The maximum absolute atomic E-state index is 12.7. The van der Waals surface area contributed by atoms with Crippen LogP contribution in [-0.4, -0.2) is 37.2 Å². The lowest BCUT2D eigenvalue weighted by Crippen LogP contribution is -2.30. The molecule has 0 N–H and O–H groups in total. The van der Waals surface area contributed by atoms with Gasteiger partial charge < -0.3 is 14.2 Å². The van der Waals surface area contributed by atoms with Gasteiger partial charge in [0.1, 0.15) is 13.2 Å². The Hall–Kier alpha value is -2.11. The van der Waals surface area contributed by atoms with Crippen molar-refractivity contribution in [2.75, 3.05) is 13.2 Å². The first-order chi connectivity index (χ1) is 28.0. The van der Waals surface area contributed by atoms with Crippen LogP contribution in [0.4, 0.5) is 0 Å². The number of carbonyl (C=O) groups excluding carboxylic acids is 3. The average molecular weight is 803 g/mol. The van der Waals surface area contributed by atoms with Crippen LogP contribution < -0.4 is 0 Å². The van der Waals surface area contributed by atoms with Crippen molar-refractivity contribution >= 4 is 17.9 Å². The van der Waals surface area contributed by atoms with E-state index >= 15 is 0 Å². The van der Waals surface area contributed by atoms with Crippen molar-refractivity contribution in [3.63, 3.8) is 0 Å². The molecule has 0 spiro atoms. The van der Waals surface area contributed by atoms with Crippen LogP contribution in [0.1, 0.15) is 265 Å². The molecular weight excluding hydrogens is 709 g/mol. The van der Waals surface area contributed by atoms with Gasteiger partial charge in [-0.2, -0.15) is 0 Å². The summed E-state index contributed by atoms with van der Waals surface area (Å²) >= 11 is 0. The van der Waals surface area contributed by atoms with Crippen molar-refractivity contribution in [2.45, 2.75) is 271 Å². The van der Waals surface area contributed by atoms with Gasteiger partial charge in [0.25, 0.3) is 0 Å². The zero-order valence-corrected chi connectivity index (χ0v) is 38.1. The van der Waals surface area contributed by atoms with E-state index in [-0.39, 0.29) is 31.1 Å². The minimum absolute atomic E-state index is 0.0767. The molecule has 0 radical (unpaired) electrons. The maximum Gasteiger partial charge on any atom is 0.306 e. The molecule has 334 valence electrons. The van der Waals surface area contributed by atoms with Crippen LogP contribution in [0.2, 0.25) is 0 Å². The molecule has 0 amide bonds. The minimum Gasteiger partial charge on any atom is -0.462 e. The van der Waals surface area contributed by atoms with E-state index in [0.717, 1.165) is 70.6 Å². The fourth-order valence-electron chi connectivity index (χ4n) is 7.25. The SMILES string of the molecule is CC/C=C\C/C=C\CCCCC(=O)OCC(COC(=O)CCCCCCCCCCCCCCCCC)OC(=O)CCCCCCCCCCCCCCCCC. The normalized spacial score (nSPS) is 12.1. The Balaban J connectivity index is 4.30. The third-order valence-electron chi connectivity index (χ3n) is 11.0. The van der Waals surface area contributed by atoms with Crippen LogP contribution in [0.5, 0.6) is 0 Å². The fourth-order valence-corrected chi connectivity index (χ4v) is 7.25. The molecular formula is C51H94O6. The number of hydrogen-bond acceptors (Lipinski definition) is 6. The fraction of sp³-hybridized carbons (Fsp3) is 0.863. The molecule has 57 heavy (non-hydrogen) atoms. The number of hydrogen-bond donors (Lipinski definition) is 0. The van der Waals surface area contributed by atoms with E-state index in [0.29, 0.717) is 19.3 Å². The van der Waals surface area contributed by atoms with Crippen LogP contribution >= 0.6 is 0 Å². The summed E-state index contributed by atoms with van der Waals surface area (Å²) in [5, 5.41) is 0. The summed E-state index contributed by atoms with van der Waals surface area (Å²) in [7, 11) is 0. The van der Waals surface area contributed by atoms with Crippen LogP contribution in [0.3, 0.4) is 0 Å². The third-order valence-corrected chi connectivity index (χ3v) is 11.0. The highest BCUT2D eigenvalue weighted by Crippen LogP contribution is 2.16. The summed E-state index contributed by atoms with van der Waals surface area (Å²) in [5.74, 6) is -0.903. The predicted molar refractivity (Wildman–Crippen MR) is 243 cm³/mol. The second kappa shape index (κ2) is 46.6. The highest BCUT2D eigenvalue weighted by Gasteiger charge is 2.19. The summed E-state index contributed by atoms with van der Waals surface area (Å²) in [6.07, 6.45) is 51.7. The van der Waals surface area contributed by atoms with Gasteiger partial charge in [-0.3, -0.25) is 14.4 Å². The third kappa shape index (κ3) is 44.8. The van der Waals surface area contributed by atoms with Crippen molar-refractivity contribution in [3.05, 3.63) is 24.3 Å². The van der Waals surface area contributed by atoms with Crippen LogP contribution in [0.15, 0.2) is 24.3 Å². The molecule has 0 rings (SSSR count). The second-order valence-corrected chi connectivity index (χ2v) is 16.7. The van der Waals surface area contributed by atoms with Gasteiger partial charge in [0, 0.05) is 19.3 Å². The molecule has 0 aromatic rings. The Morgan fingerprint density at radius 2 is 0.684 bits per heavy atom. The van der Waals surface area contributed by atoms with Crippen LogP contribution in [0.25, 0.3) is 0 Å². The summed E-state index contributed by atoms with van der Waals surface area (Å²) in [4.78, 5) is 37.8. The number of esters is 3. The zero-order chi connectivity index (χ0) is 41.5. The molecule has 0 bridgehead atoms. The molecule has 1 atom stereocenters. The summed E-state index contributed by atoms with van der Waals surface area (Å²) in [6.45, 7) is 6.51. The number of ether oxygens (including phenoxy) is 3. The van der Waals surface area contributed by atoms with E-state index in [1.165, 1.54) is 154 Å².